The van der Waals surface area contributed by atoms with E-state index in [1.807, 2.05) is 12.1 Å². The second kappa shape index (κ2) is 6.58. The Kier molecular flexibility index (Phi) is 5.67. The van der Waals surface area contributed by atoms with Crippen LogP contribution in [-0.2, 0) is 6.54 Å². The topological polar surface area (TPSA) is 3.24 Å². The van der Waals surface area contributed by atoms with E-state index in [4.69, 9.17) is 0 Å². The molecule has 0 N–H and O–H groups in total. The molecule has 0 saturated carbocycles. The van der Waals surface area contributed by atoms with Crippen molar-refractivity contribution in [2.75, 3.05) is 19.3 Å². The van der Waals surface area contributed by atoms with Gasteiger partial charge in [0, 0.05) is 13.1 Å². The molecule has 0 aliphatic carbocycles. The molecule has 1 nitrogen and oxygen atoms in total. The third-order valence-electron chi connectivity index (χ3n) is 3.34. The van der Waals surface area contributed by atoms with Gasteiger partial charge in [0.2, 0.25) is 0 Å². The Morgan fingerprint density at radius 3 is 2.22 bits per heavy atom. The maximum absolute atomic E-state index is 12.8. The standard InChI is InChI=1S/C15H24FNS/c1-15(2,3)13(11-18)10-17(4)9-12-5-7-14(16)8-6-12/h5-8,13,18H,9-11H2,1-4H3. The van der Waals surface area contributed by atoms with Gasteiger partial charge in [0.15, 0.2) is 0 Å². The highest BCUT2D eigenvalue weighted by Gasteiger charge is 2.24. The van der Waals surface area contributed by atoms with E-state index in [0.29, 0.717) is 5.92 Å². The van der Waals surface area contributed by atoms with Crippen molar-refractivity contribution in [3.8, 4) is 0 Å². The van der Waals surface area contributed by atoms with E-state index in [1.54, 1.807) is 0 Å². The van der Waals surface area contributed by atoms with Gasteiger partial charge < -0.3 is 4.90 Å². The molecule has 1 aromatic carbocycles. The number of hydrogen-bond acceptors (Lipinski definition) is 2. The molecule has 0 aliphatic heterocycles. The minimum absolute atomic E-state index is 0.177. The molecular formula is C15H24FNS. The molecule has 0 fully saturated rings. The molecule has 0 radical (unpaired) electrons. The summed E-state index contributed by atoms with van der Waals surface area (Å²) in [5.41, 5.74) is 1.41. The second-order valence-corrected chi connectivity index (χ2v) is 6.43. The molecule has 0 spiro atoms. The summed E-state index contributed by atoms with van der Waals surface area (Å²) in [5, 5.41) is 0. The average Bonchev–Trinajstić information content (AvgIpc) is 2.27. The zero-order valence-electron chi connectivity index (χ0n) is 11.8. The maximum atomic E-state index is 12.8. The molecule has 1 unspecified atom stereocenters. The van der Waals surface area contributed by atoms with Crippen LogP contribution in [-0.4, -0.2) is 24.2 Å². The van der Waals surface area contributed by atoms with Crippen LogP contribution in [0.2, 0.25) is 0 Å². The maximum Gasteiger partial charge on any atom is 0.123 e. The largest absolute Gasteiger partial charge is 0.302 e. The van der Waals surface area contributed by atoms with Crippen LogP contribution >= 0.6 is 12.6 Å². The molecule has 0 amide bonds. The monoisotopic (exact) mass is 269 g/mol. The van der Waals surface area contributed by atoms with Crippen LogP contribution in [0.1, 0.15) is 26.3 Å². The molecule has 3 heteroatoms. The third-order valence-corrected chi connectivity index (χ3v) is 3.78. The summed E-state index contributed by atoms with van der Waals surface area (Å²) in [5.74, 6) is 1.26. The first-order valence-corrected chi connectivity index (χ1v) is 7.00. The molecule has 1 aromatic rings. The van der Waals surface area contributed by atoms with Gasteiger partial charge in [-0.25, -0.2) is 4.39 Å². The van der Waals surface area contributed by atoms with Gasteiger partial charge in [-0.05, 0) is 41.8 Å². The lowest BCUT2D eigenvalue weighted by Crippen LogP contribution is -2.34. The van der Waals surface area contributed by atoms with Gasteiger partial charge in [-0.15, -0.1) is 0 Å². The zero-order chi connectivity index (χ0) is 13.8. The van der Waals surface area contributed by atoms with Gasteiger partial charge in [0.1, 0.15) is 5.82 Å². The van der Waals surface area contributed by atoms with E-state index in [2.05, 4.69) is 45.3 Å². The van der Waals surface area contributed by atoms with Crippen LogP contribution < -0.4 is 0 Å². The van der Waals surface area contributed by atoms with E-state index in [9.17, 15) is 4.39 Å². The Morgan fingerprint density at radius 1 is 1.22 bits per heavy atom. The van der Waals surface area contributed by atoms with Crippen LogP contribution in [0, 0.1) is 17.2 Å². The Hall–Kier alpha value is -0.540. The van der Waals surface area contributed by atoms with Gasteiger partial charge in [-0.1, -0.05) is 32.9 Å². The second-order valence-electron chi connectivity index (χ2n) is 6.07. The van der Waals surface area contributed by atoms with Crippen molar-refractivity contribution in [1.29, 1.82) is 0 Å². The average molecular weight is 269 g/mol. The Bertz CT molecular complexity index is 356. The van der Waals surface area contributed by atoms with Gasteiger partial charge in [-0.2, -0.15) is 12.6 Å². The van der Waals surface area contributed by atoms with Crippen molar-refractivity contribution in [2.24, 2.45) is 11.3 Å². The smallest absolute Gasteiger partial charge is 0.123 e. The molecule has 18 heavy (non-hydrogen) atoms. The Morgan fingerprint density at radius 2 is 1.78 bits per heavy atom. The first-order valence-electron chi connectivity index (χ1n) is 6.36. The minimum atomic E-state index is -0.177. The number of benzene rings is 1. The van der Waals surface area contributed by atoms with Crippen molar-refractivity contribution in [1.82, 2.24) is 4.90 Å². The lowest BCUT2D eigenvalue weighted by molar-refractivity contribution is 0.183. The number of rotatable bonds is 5. The van der Waals surface area contributed by atoms with E-state index in [1.165, 1.54) is 12.1 Å². The number of thiol groups is 1. The highest BCUT2D eigenvalue weighted by atomic mass is 32.1. The first-order chi connectivity index (χ1) is 8.32. The normalized spacial score (nSPS) is 13.9. The Labute approximate surface area is 116 Å². The predicted molar refractivity (Wildman–Crippen MR) is 79.5 cm³/mol. The van der Waals surface area contributed by atoms with Crippen molar-refractivity contribution < 1.29 is 4.39 Å². The fourth-order valence-electron chi connectivity index (χ4n) is 1.95. The molecule has 102 valence electrons. The summed E-state index contributed by atoms with van der Waals surface area (Å²) < 4.78 is 12.8. The molecular weight excluding hydrogens is 245 g/mol. The Balaban J connectivity index is 2.55. The molecule has 0 aliphatic rings. The van der Waals surface area contributed by atoms with E-state index < -0.39 is 0 Å². The zero-order valence-corrected chi connectivity index (χ0v) is 12.7. The highest BCUT2D eigenvalue weighted by Crippen LogP contribution is 2.27. The minimum Gasteiger partial charge on any atom is -0.302 e. The number of hydrogen-bond donors (Lipinski definition) is 1. The third kappa shape index (κ3) is 4.99. The van der Waals surface area contributed by atoms with Crippen LogP contribution in [0.5, 0.6) is 0 Å². The van der Waals surface area contributed by atoms with Crippen molar-refractivity contribution in [3.05, 3.63) is 35.6 Å². The highest BCUT2D eigenvalue weighted by molar-refractivity contribution is 7.80. The van der Waals surface area contributed by atoms with E-state index in [-0.39, 0.29) is 11.2 Å². The SMILES string of the molecule is CN(Cc1ccc(F)cc1)CC(CS)C(C)(C)C. The molecule has 0 heterocycles. The van der Waals surface area contributed by atoms with Crippen molar-refractivity contribution in [3.63, 3.8) is 0 Å². The van der Waals surface area contributed by atoms with E-state index >= 15 is 0 Å². The lowest BCUT2D eigenvalue weighted by Gasteiger charge is -2.33. The van der Waals surface area contributed by atoms with Crippen molar-refractivity contribution in [2.45, 2.75) is 27.3 Å². The van der Waals surface area contributed by atoms with E-state index in [0.717, 1.165) is 24.4 Å². The van der Waals surface area contributed by atoms with Crippen LogP contribution in [0.25, 0.3) is 0 Å². The number of halogens is 1. The molecule has 1 rings (SSSR count). The summed E-state index contributed by atoms with van der Waals surface area (Å²) in [6.07, 6.45) is 0. The summed E-state index contributed by atoms with van der Waals surface area (Å²) in [6.45, 7) is 8.60. The van der Waals surface area contributed by atoms with Crippen LogP contribution in [0.4, 0.5) is 4.39 Å². The van der Waals surface area contributed by atoms with Gasteiger partial charge in [0.05, 0.1) is 0 Å². The quantitative estimate of drug-likeness (QED) is 0.795. The molecule has 0 bridgehead atoms. The number of nitrogens with zero attached hydrogens (tertiary/aromatic N) is 1. The molecule has 1 atom stereocenters. The van der Waals surface area contributed by atoms with Crippen molar-refractivity contribution >= 4 is 12.6 Å². The summed E-state index contributed by atoms with van der Waals surface area (Å²) in [7, 11) is 2.10. The van der Waals surface area contributed by atoms with Crippen LogP contribution in [0.15, 0.2) is 24.3 Å². The molecule has 0 saturated heterocycles. The fraction of sp³-hybridized carbons (Fsp3) is 0.600. The van der Waals surface area contributed by atoms with Gasteiger partial charge >= 0.3 is 0 Å². The summed E-state index contributed by atoms with van der Waals surface area (Å²) in [6, 6.07) is 6.73. The lowest BCUT2D eigenvalue weighted by atomic mass is 9.81. The first kappa shape index (κ1) is 15.5. The van der Waals surface area contributed by atoms with Gasteiger partial charge in [0.25, 0.3) is 0 Å². The fourth-order valence-corrected chi connectivity index (χ4v) is 2.61. The summed E-state index contributed by atoms with van der Waals surface area (Å²) in [4.78, 5) is 2.28. The molecule has 0 aromatic heterocycles. The summed E-state index contributed by atoms with van der Waals surface area (Å²) >= 11 is 4.45. The van der Waals surface area contributed by atoms with Crippen LogP contribution in [0.3, 0.4) is 0 Å². The van der Waals surface area contributed by atoms with Gasteiger partial charge in [-0.3, -0.25) is 0 Å². The predicted octanol–water partition coefficient (Wildman–Crippen LogP) is 3.85.